The molecule has 0 aliphatic rings. The summed E-state index contributed by atoms with van der Waals surface area (Å²) in [6.07, 6.45) is 6.92. The second-order valence-electron chi connectivity index (χ2n) is 8.75. The van der Waals surface area contributed by atoms with Crippen molar-refractivity contribution in [1.29, 1.82) is 0 Å². The van der Waals surface area contributed by atoms with Crippen LogP contribution in [0.15, 0.2) is 108 Å². The third-order valence-corrected chi connectivity index (χ3v) is 6.33. The summed E-state index contributed by atoms with van der Waals surface area (Å²) in [5.41, 5.74) is 3.63. The van der Waals surface area contributed by atoms with Crippen LogP contribution in [0.5, 0.6) is 0 Å². The molecule has 37 heavy (non-hydrogen) atoms. The number of aryl methyl sites for hydroxylation is 1. The SMILES string of the molecule is Cn1ccnc1[C@@H](NC(=O)c1cc(-c2ccccc2)nc2c1cnn2Cc1ccco1)c1ccccc1. The van der Waals surface area contributed by atoms with Gasteiger partial charge in [0.2, 0.25) is 0 Å². The number of hydrogen-bond donors (Lipinski definition) is 1. The van der Waals surface area contributed by atoms with Crippen molar-refractivity contribution >= 4 is 16.9 Å². The van der Waals surface area contributed by atoms with Gasteiger partial charge in [0, 0.05) is 25.0 Å². The summed E-state index contributed by atoms with van der Waals surface area (Å²) >= 11 is 0. The molecule has 0 bridgehead atoms. The van der Waals surface area contributed by atoms with E-state index in [0.29, 0.717) is 28.8 Å². The van der Waals surface area contributed by atoms with Gasteiger partial charge < -0.3 is 14.3 Å². The third kappa shape index (κ3) is 4.40. The number of nitrogens with one attached hydrogen (secondary N) is 1. The lowest BCUT2D eigenvalue weighted by atomic mass is 10.0. The number of pyridine rings is 1. The van der Waals surface area contributed by atoms with E-state index in [1.54, 1.807) is 23.3 Å². The maximum atomic E-state index is 13.9. The van der Waals surface area contributed by atoms with Gasteiger partial charge in [-0.25, -0.2) is 14.6 Å². The van der Waals surface area contributed by atoms with E-state index < -0.39 is 6.04 Å². The number of aromatic nitrogens is 5. The maximum absolute atomic E-state index is 13.9. The predicted octanol–water partition coefficient (Wildman–Crippen LogP) is 4.99. The zero-order chi connectivity index (χ0) is 25.2. The summed E-state index contributed by atoms with van der Waals surface area (Å²) in [4.78, 5) is 23.3. The highest BCUT2D eigenvalue weighted by Gasteiger charge is 2.24. The lowest BCUT2D eigenvalue weighted by Gasteiger charge is -2.19. The largest absolute Gasteiger partial charge is 0.467 e. The smallest absolute Gasteiger partial charge is 0.253 e. The molecular formula is C29H24N6O2. The van der Waals surface area contributed by atoms with Crippen molar-refractivity contribution in [1.82, 2.24) is 29.6 Å². The van der Waals surface area contributed by atoms with Crippen LogP contribution >= 0.6 is 0 Å². The van der Waals surface area contributed by atoms with Crippen LogP contribution in [0.2, 0.25) is 0 Å². The van der Waals surface area contributed by atoms with Crippen molar-refractivity contribution in [2.45, 2.75) is 12.6 Å². The number of benzene rings is 2. The molecule has 4 heterocycles. The van der Waals surface area contributed by atoms with Crippen LogP contribution in [0.4, 0.5) is 0 Å². The molecule has 6 aromatic rings. The molecule has 0 radical (unpaired) electrons. The van der Waals surface area contributed by atoms with Crippen molar-refractivity contribution in [2.24, 2.45) is 7.05 Å². The first kappa shape index (κ1) is 22.5. The summed E-state index contributed by atoms with van der Waals surface area (Å²) in [7, 11) is 1.92. The molecule has 2 aromatic carbocycles. The van der Waals surface area contributed by atoms with Crippen molar-refractivity contribution in [2.75, 3.05) is 0 Å². The number of fused-ring (bicyclic) bond motifs is 1. The van der Waals surface area contributed by atoms with Crippen LogP contribution in [0.1, 0.15) is 33.5 Å². The second kappa shape index (κ2) is 9.58. The molecule has 1 N–H and O–H groups in total. The van der Waals surface area contributed by atoms with Crippen molar-refractivity contribution < 1.29 is 9.21 Å². The van der Waals surface area contributed by atoms with Gasteiger partial charge in [-0.15, -0.1) is 0 Å². The fraction of sp³-hybridized carbons (Fsp3) is 0.103. The second-order valence-corrected chi connectivity index (χ2v) is 8.75. The molecule has 1 amide bonds. The van der Waals surface area contributed by atoms with E-state index in [1.165, 1.54) is 0 Å². The van der Waals surface area contributed by atoms with Crippen LogP contribution in [-0.2, 0) is 13.6 Å². The molecular weight excluding hydrogens is 464 g/mol. The number of carbonyl (C=O) groups excluding carboxylic acids is 1. The molecule has 8 nitrogen and oxygen atoms in total. The standard InChI is InChI=1S/C29H24N6O2/c1-34-15-14-30-28(34)26(21-11-6-3-7-12-21)33-29(36)23-17-25(20-9-4-2-5-10-20)32-27-24(23)18-31-35(27)19-22-13-8-16-37-22/h2-18,26H,19H2,1H3,(H,33,36)/t26-/m0/s1. The van der Waals surface area contributed by atoms with Crippen LogP contribution < -0.4 is 5.32 Å². The summed E-state index contributed by atoms with van der Waals surface area (Å²) < 4.78 is 9.19. The van der Waals surface area contributed by atoms with Crippen molar-refractivity contribution in [3.63, 3.8) is 0 Å². The highest BCUT2D eigenvalue weighted by atomic mass is 16.3. The van der Waals surface area contributed by atoms with Gasteiger partial charge in [-0.3, -0.25) is 4.79 Å². The number of imidazole rings is 1. The lowest BCUT2D eigenvalue weighted by Crippen LogP contribution is -2.31. The van der Waals surface area contributed by atoms with E-state index in [2.05, 4.69) is 15.4 Å². The Morgan fingerprint density at radius 2 is 1.81 bits per heavy atom. The average molecular weight is 489 g/mol. The van der Waals surface area contributed by atoms with Gasteiger partial charge >= 0.3 is 0 Å². The van der Waals surface area contributed by atoms with Gasteiger partial charge in [-0.2, -0.15) is 5.10 Å². The van der Waals surface area contributed by atoms with Crippen LogP contribution in [0, 0.1) is 0 Å². The first-order chi connectivity index (χ1) is 18.2. The van der Waals surface area contributed by atoms with Crippen LogP contribution in [0.25, 0.3) is 22.3 Å². The number of hydrogen-bond acceptors (Lipinski definition) is 5. The fourth-order valence-electron chi connectivity index (χ4n) is 4.46. The van der Waals surface area contributed by atoms with E-state index in [0.717, 1.165) is 22.7 Å². The number of carbonyl (C=O) groups is 1. The maximum Gasteiger partial charge on any atom is 0.253 e. The summed E-state index contributed by atoms with van der Waals surface area (Å²) in [6.45, 7) is 0.405. The van der Waals surface area contributed by atoms with Gasteiger partial charge in [-0.1, -0.05) is 60.7 Å². The van der Waals surface area contributed by atoms with Crippen LogP contribution in [-0.4, -0.2) is 30.2 Å². The molecule has 0 saturated carbocycles. The van der Waals surface area contributed by atoms with E-state index in [1.807, 2.05) is 96.7 Å². The minimum Gasteiger partial charge on any atom is -0.467 e. The lowest BCUT2D eigenvalue weighted by molar-refractivity contribution is 0.0943. The highest BCUT2D eigenvalue weighted by molar-refractivity contribution is 6.06. The van der Waals surface area contributed by atoms with Gasteiger partial charge in [0.05, 0.1) is 29.1 Å². The van der Waals surface area contributed by atoms with E-state index in [-0.39, 0.29) is 5.91 Å². The first-order valence-corrected chi connectivity index (χ1v) is 11.9. The summed E-state index contributed by atoms with van der Waals surface area (Å²) in [5, 5.41) is 8.42. The summed E-state index contributed by atoms with van der Waals surface area (Å²) in [5.74, 6) is 1.25. The molecule has 0 aliphatic carbocycles. The third-order valence-electron chi connectivity index (χ3n) is 6.33. The molecule has 0 spiro atoms. The van der Waals surface area contributed by atoms with Crippen LogP contribution in [0.3, 0.4) is 0 Å². The number of nitrogens with zero attached hydrogens (tertiary/aromatic N) is 5. The molecule has 0 unspecified atom stereocenters. The Kier molecular flexibility index (Phi) is 5.82. The molecule has 0 aliphatic heterocycles. The normalized spacial score (nSPS) is 12.0. The van der Waals surface area contributed by atoms with Gasteiger partial charge in [0.15, 0.2) is 5.65 Å². The topological polar surface area (TPSA) is 90.8 Å². The zero-order valence-electron chi connectivity index (χ0n) is 20.2. The predicted molar refractivity (Wildman–Crippen MR) is 140 cm³/mol. The summed E-state index contributed by atoms with van der Waals surface area (Å²) in [6, 6.07) is 24.8. The van der Waals surface area contributed by atoms with Gasteiger partial charge in [-0.05, 0) is 23.8 Å². The number of furan rings is 1. The minimum absolute atomic E-state index is 0.237. The molecule has 8 heteroatoms. The first-order valence-electron chi connectivity index (χ1n) is 11.9. The van der Waals surface area contributed by atoms with E-state index >= 15 is 0 Å². The Balaban J connectivity index is 1.45. The van der Waals surface area contributed by atoms with E-state index in [4.69, 9.17) is 9.40 Å². The molecule has 0 saturated heterocycles. The molecule has 4 aromatic heterocycles. The monoisotopic (exact) mass is 488 g/mol. The Bertz CT molecular complexity index is 1650. The zero-order valence-corrected chi connectivity index (χ0v) is 20.2. The molecule has 0 fully saturated rings. The highest BCUT2D eigenvalue weighted by Crippen LogP contribution is 2.27. The quantitative estimate of drug-likeness (QED) is 0.342. The number of amides is 1. The van der Waals surface area contributed by atoms with Crippen molar-refractivity contribution in [3.05, 3.63) is 126 Å². The minimum atomic E-state index is -0.435. The van der Waals surface area contributed by atoms with Gasteiger partial charge in [0.1, 0.15) is 24.2 Å². The Labute approximate surface area is 213 Å². The Morgan fingerprint density at radius 3 is 2.51 bits per heavy atom. The molecule has 1 atom stereocenters. The molecule has 182 valence electrons. The van der Waals surface area contributed by atoms with E-state index in [9.17, 15) is 4.79 Å². The van der Waals surface area contributed by atoms with Crippen molar-refractivity contribution in [3.8, 4) is 11.3 Å². The fourth-order valence-corrected chi connectivity index (χ4v) is 4.46. The molecule has 6 rings (SSSR count). The average Bonchev–Trinajstić information content (AvgIpc) is 3.70. The Hall–Kier alpha value is -4.98. The van der Waals surface area contributed by atoms with Gasteiger partial charge in [0.25, 0.3) is 5.91 Å². The Morgan fingerprint density at radius 1 is 1.03 bits per heavy atom. The number of rotatable bonds is 7.